The Hall–Kier alpha value is -6.62. The Balaban J connectivity index is 1.22. The average molecular weight is 613 g/mol. The van der Waals surface area contributed by atoms with Gasteiger partial charge in [-0.1, -0.05) is 121 Å². The van der Waals surface area contributed by atoms with Gasteiger partial charge in [-0.3, -0.25) is 0 Å². The molecule has 224 valence electrons. The van der Waals surface area contributed by atoms with Crippen molar-refractivity contribution >= 4 is 33.2 Å². The maximum atomic E-state index is 10.8. The molecule has 0 fully saturated rings. The van der Waals surface area contributed by atoms with E-state index in [1.54, 1.807) is 0 Å². The molecule has 9 rings (SSSR count). The van der Waals surface area contributed by atoms with Crippen molar-refractivity contribution in [2.24, 2.45) is 0 Å². The van der Waals surface area contributed by atoms with Crippen LogP contribution >= 0.6 is 0 Å². The summed E-state index contributed by atoms with van der Waals surface area (Å²) >= 11 is 0. The van der Waals surface area contributed by atoms with Gasteiger partial charge in [-0.15, -0.1) is 0 Å². The lowest BCUT2D eigenvalue weighted by atomic mass is 9.90. The molecule has 1 aromatic heterocycles. The molecule has 48 heavy (non-hydrogen) atoms. The molecule has 2 heterocycles. The van der Waals surface area contributed by atoms with Gasteiger partial charge in [-0.2, -0.15) is 10.5 Å². The summed E-state index contributed by atoms with van der Waals surface area (Å²) in [6.07, 6.45) is 8.52. The largest absolute Gasteiger partial charge is 0.331 e. The van der Waals surface area contributed by atoms with Crippen LogP contribution in [0, 0.1) is 22.7 Å². The number of nitriles is 2. The third-order valence-electron chi connectivity index (χ3n) is 9.82. The van der Waals surface area contributed by atoms with Crippen molar-refractivity contribution in [2.75, 3.05) is 4.90 Å². The first-order valence-electron chi connectivity index (χ1n) is 16.2. The van der Waals surface area contributed by atoms with Gasteiger partial charge in [-0.25, -0.2) is 0 Å². The second kappa shape index (κ2) is 11.0. The number of hydrogen-bond acceptors (Lipinski definition) is 3. The number of allylic oxidation sites excluding steroid dienone is 2. The number of rotatable bonds is 4. The lowest BCUT2D eigenvalue weighted by molar-refractivity contribution is 0.743. The van der Waals surface area contributed by atoms with Gasteiger partial charge in [-0.05, 0) is 53.1 Å². The molecule has 6 aromatic carbocycles. The lowest BCUT2D eigenvalue weighted by Gasteiger charge is -2.30. The summed E-state index contributed by atoms with van der Waals surface area (Å²) in [5.41, 5.74) is 11.1. The zero-order valence-electron chi connectivity index (χ0n) is 26.0. The molecule has 0 spiro atoms. The molecule has 4 heteroatoms. The fourth-order valence-electron chi connectivity index (χ4n) is 7.78. The number of benzene rings is 6. The first-order valence-corrected chi connectivity index (χ1v) is 16.2. The number of anilines is 2. The highest BCUT2D eigenvalue weighted by atomic mass is 15.2. The van der Waals surface area contributed by atoms with Crippen molar-refractivity contribution in [2.45, 2.75) is 12.0 Å². The van der Waals surface area contributed by atoms with Gasteiger partial charge in [0.15, 0.2) is 0 Å². The number of hydrogen-bond donors (Lipinski definition) is 0. The predicted molar refractivity (Wildman–Crippen MR) is 194 cm³/mol. The summed E-state index contributed by atoms with van der Waals surface area (Å²) in [5.74, 6) is 0.147. The fraction of sp³-hybridized carbons (Fsp3) is 0.0455. The molecule has 7 aromatic rings. The minimum Gasteiger partial charge on any atom is -0.331 e. The van der Waals surface area contributed by atoms with E-state index in [9.17, 15) is 10.5 Å². The van der Waals surface area contributed by atoms with E-state index in [4.69, 9.17) is 0 Å². The van der Waals surface area contributed by atoms with Crippen molar-refractivity contribution in [3.8, 4) is 40.1 Å². The van der Waals surface area contributed by atoms with E-state index in [0.29, 0.717) is 16.8 Å². The van der Waals surface area contributed by atoms with Gasteiger partial charge in [0.1, 0.15) is 12.1 Å². The number of aromatic nitrogens is 1. The van der Waals surface area contributed by atoms with Gasteiger partial charge in [0.25, 0.3) is 0 Å². The molecule has 2 unspecified atom stereocenters. The molecule has 2 atom stereocenters. The topological polar surface area (TPSA) is 55.8 Å². The summed E-state index contributed by atoms with van der Waals surface area (Å²) in [7, 11) is 0. The average Bonchev–Trinajstić information content (AvgIpc) is 3.67. The van der Waals surface area contributed by atoms with Crippen LogP contribution in [0.1, 0.15) is 22.6 Å². The zero-order chi connectivity index (χ0) is 32.2. The SMILES string of the molecule is N#Cc1ccc(-c2cccc(-c3ccccc3-n3c4ccccc4c4ccccc43)c2)c(C#N)c1N1c2ccccc2C2C=CC=CC21. The Labute approximate surface area is 279 Å². The van der Waals surface area contributed by atoms with Gasteiger partial charge in [0.05, 0.1) is 39.6 Å². The van der Waals surface area contributed by atoms with Gasteiger partial charge >= 0.3 is 0 Å². The molecule has 4 nitrogen and oxygen atoms in total. The maximum absolute atomic E-state index is 10.8. The number of fused-ring (bicyclic) bond motifs is 6. The van der Waals surface area contributed by atoms with Crippen LogP contribution < -0.4 is 4.90 Å². The highest BCUT2D eigenvalue weighted by molar-refractivity contribution is 6.09. The molecule has 0 bridgehead atoms. The molecule has 0 amide bonds. The van der Waals surface area contributed by atoms with Crippen LogP contribution in [0.5, 0.6) is 0 Å². The molecule has 1 aliphatic carbocycles. The first kappa shape index (κ1) is 27.7. The normalized spacial score (nSPS) is 16.1. The fourth-order valence-corrected chi connectivity index (χ4v) is 7.78. The van der Waals surface area contributed by atoms with E-state index in [0.717, 1.165) is 44.7 Å². The van der Waals surface area contributed by atoms with Crippen LogP contribution in [0.3, 0.4) is 0 Å². The van der Waals surface area contributed by atoms with E-state index in [-0.39, 0.29) is 12.0 Å². The third kappa shape index (κ3) is 4.07. The van der Waals surface area contributed by atoms with Crippen molar-refractivity contribution in [1.82, 2.24) is 4.57 Å². The monoisotopic (exact) mass is 612 g/mol. The lowest BCUT2D eigenvalue weighted by Crippen LogP contribution is -2.30. The van der Waals surface area contributed by atoms with Gasteiger partial charge in [0.2, 0.25) is 0 Å². The smallest absolute Gasteiger partial charge is 0.102 e. The molecule has 0 N–H and O–H groups in total. The van der Waals surface area contributed by atoms with Crippen LogP contribution in [0.15, 0.2) is 158 Å². The molecule has 0 saturated heterocycles. The summed E-state index contributed by atoms with van der Waals surface area (Å²) in [6, 6.07) is 51.0. The highest BCUT2D eigenvalue weighted by Crippen LogP contribution is 2.50. The minimum atomic E-state index is -0.0220. The highest BCUT2D eigenvalue weighted by Gasteiger charge is 2.39. The van der Waals surface area contributed by atoms with Crippen molar-refractivity contribution in [3.05, 3.63) is 174 Å². The third-order valence-corrected chi connectivity index (χ3v) is 9.82. The zero-order valence-corrected chi connectivity index (χ0v) is 26.0. The summed E-state index contributed by atoms with van der Waals surface area (Å²) in [4.78, 5) is 2.20. The van der Waals surface area contributed by atoms with E-state index < -0.39 is 0 Å². The molecule has 1 aliphatic heterocycles. The van der Waals surface area contributed by atoms with Crippen molar-refractivity contribution in [1.29, 1.82) is 10.5 Å². The second-order valence-electron chi connectivity index (χ2n) is 12.3. The Morgan fingerprint density at radius 3 is 1.94 bits per heavy atom. The van der Waals surface area contributed by atoms with E-state index in [1.807, 2.05) is 18.2 Å². The molecule has 0 radical (unpaired) electrons. The Kier molecular flexibility index (Phi) is 6.35. The molecule has 0 saturated carbocycles. The minimum absolute atomic E-state index is 0.0220. The Morgan fingerprint density at radius 2 is 1.19 bits per heavy atom. The van der Waals surface area contributed by atoms with Gasteiger partial charge < -0.3 is 9.47 Å². The molecular formula is C44H28N4. The van der Waals surface area contributed by atoms with Crippen LogP contribution in [0.2, 0.25) is 0 Å². The van der Waals surface area contributed by atoms with Crippen LogP contribution in [0.4, 0.5) is 11.4 Å². The molecule has 2 aliphatic rings. The summed E-state index contributed by atoms with van der Waals surface area (Å²) < 4.78 is 2.35. The van der Waals surface area contributed by atoms with Crippen molar-refractivity contribution < 1.29 is 0 Å². The quantitative estimate of drug-likeness (QED) is 0.199. The first-order chi connectivity index (χ1) is 23.8. The predicted octanol–water partition coefficient (Wildman–Crippen LogP) is 10.6. The Bertz CT molecular complexity index is 2520. The van der Waals surface area contributed by atoms with Crippen LogP contribution in [-0.4, -0.2) is 10.6 Å². The molecular weight excluding hydrogens is 585 g/mol. The summed E-state index contributed by atoms with van der Waals surface area (Å²) in [5, 5.41) is 23.6. The number of nitrogens with zero attached hydrogens (tertiary/aromatic N) is 4. The number of para-hydroxylation sites is 4. The second-order valence-corrected chi connectivity index (χ2v) is 12.3. The van der Waals surface area contributed by atoms with E-state index >= 15 is 0 Å². The van der Waals surface area contributed by atoms with E-state index in [2.05, 4.69) is 161 Å². The van der Waals surface area contributed by atoms with Gasteiger partial charge in [0, 0.05) is 33.5 Å². The summed E-state index contributed by atoms with van der Waals surface area (Å²) in [6.45, 7) is 0. The van der Waals surface area contributed by atoms with Crippen molar-refractivity contribution in [3.63, 3.8) is 0 Å². The Morgan fingerprint density at radius 1 is 0.542 bits per heavy atom. The standard InChI is InChI=1S/C44H28N4/c45-27-31-24-25-32(38(28-46)44(31)48-42-22-9-4-17-36(42)37-18-5-10-23-43(37)48)29-12-11-13-30(26-29)33-14-1-6-19-39(33)47-40-20-7-2-15-34(40)35-16-3-8-21-41(35)47/h1-26,36,42H. The van der Waals surface area contributed by atoms with Crippen LogP contribution in [0.25, 0.3) is 49.7 Å². The van der Waals surface area contributed by atoms with Crippen LogP contribution in [-0.2, 0) is 0 Å². The van der Waals surface area contributed by atoms with E-state index in [1.165, 1.54) is 16.3 Å². The maximum Gasteiger partial charge on any atom is 0.102 e.